The molecule has 1 saturated carbocycles. The SMILES string of the molecule is Cc1cc(F)c(N)cc1S(=O)(=O)NC1CCC(C)CC1C. The molecule has 3 unspecified atom stereocenters. The average molecular weight is 314 g/mol. The molecule has 118 valence electrons. The van der Waals surface area contributed by atoms with Gasteiger partial charge < -0.3 is 5.73 Å². The zero-order valence-electron chi connectivity index (χ0n) is 12.7. The molecule has 1 aromatic carbocycles. The average Bonchev–Trinajstić information content (AvgIpc) is 2.37. The molecule has 1 aliphatic carbocycles. The molecule has 4 nitrogen and oxygen atoms in total. The second kappa shape index (κ2) is 5.93. The Kier molecular flexibility index (Phi) is 4.58. The number of nitrogen functional groups attached to an aromatic ring is 1. The topological polar surface area (TPSA) is 72.2 Å². The molecule has 1 aromatic rings. The molecule has 2 rings (SSSR count). The van der Waals surface area contributed by atoms with Crippen LogP contribution in [0, 0.1) is 24.6 Å². The molecular formula is C15H23FN2O2S. The number of hydrogen-bond donors (Lipinski definition) is 2. The van der Waals surface area contributed by atoms with Crippen LogP contribution in [-0.2, 0) is 10.0 Å². The van der Waals surface area contributed by atoms with Gasteiger partial charge >= 0.3 is 0 Å². The first-order valence-electron chi connectivity index (χ1n) is 7.28. The second-order valence-corrected chi connectivity index (χ2v) is 7.94. The summed E-state index contributed by atoms with van der Waals surface area (Å²) in [5.41, 5.74) is 5.72. The quantitative estimate of drug-likeness (QED) is 0.843. The van der Waals surface area contributed by atoms with Gasteiger partial charge in [0.1, 0.15) is 5.82 Å². The Morgan fingerprint density at radius 3 is 2.57 bits per heavy atom. The lowest BCUT2D eigenvalue weighted by molar-refractivity contribution is 0.249. The third-order valence-electron chi connectivity index (χ3n) is 4.32. The summed E-state index contributed by atoms with van der Waals surface area (Å²) < 4.78 is 41.2. The molecule has 1 aliphatic rings. The van der Waals surface area contributed by atoms with Crippen molar-refractivity contribution in [2.24, 2.45) is 11.8 Å². The van der Waals surface area contributed by atoms with Crippen molar-refractivity contribution in [2.45, 2.75) is 51.0 Å². The summed E-state index contributed by atoms with van der Waals surface area (Å²) in [4.78, 5) is 0.0622. The van der Waals surface area contributed by atoms with Gasteiger partial charge in [0.2, 0.25) is 10.0 Å². The van der Waals surface area contributed by atoms with Gasteiger partial charge in [-0.25, -0.2) is 17.5 Å². The van der Waals surface area contributed by atoms with E-state index in [0.29, 0.717) is 17.4 Å². The maximum absolute atomic E-state index is 13.4. The third-order valence-corrected chi connectivity index (χ3v) is 5.95. The molecule has 0 heterocycles. The maximum atomic E-state index is 13.4. The van der Waals surface area contributed by atoms with E-state index in [0.717, 1.165) is 25.3 Å². The Labute approximate surface area is 126 Å². The van der Waals surface area contributed by atoms with Crippen LogP contribution in [0.15, 0.2) is 17.0 Å². The fourth-order valence-corrected chi connectivity index (χ4v) is 4.70. The molecule has 6 heteroatoms. The zero-order valence-corrected chi connectivity index (χ0v) is 13.5. The van der Waals surface area contributed by atoms with Crippen LogP contribution in [0.4, 0.5) is 10.1 Å². The number of hydrogen-bond acceptors (Lipinski definition) is 3. The van der Waals surface area contributed by atoms with Crippen molar-refractivity contribution >= 4 is 15.7 Å². The molecule has 0 spiro atoms. The molecule has 0 radical (unpaired) electrons. The lowest BCUT2D eigenvalue weighted by Crippen LogP contribution is -2.42. The molecule has 0 bridgehead atoms. The minimum atomic E-state index is -3.68. The van der Waals surface area contributed by atoms with E-state index in [1.807, 2.05) is 0 Å². The Morgan fingerprint density at radius 2 is 1.95 bits per heavy atom. The van der Waals surface area contributed by atoms with E-state index >= 15 is 0 Å². The van der Waals surface area contributed by atoms with Crippen LogP contribution >= 0.6 is 0 Å². The Morgan fingerprint density at radius 1 is 1.29 bits per heavy atom. The third kappa shape index (κ3) is 3.55. The lowest BCUT2D eigenvalue weighted by Gasteiger charge is -2.33. The molecule has 3 N–H and O–H groups in total. The Balaban J connectivity index is 2.25. The molecular weight excluding hydrogens is 291 g/mol. The summed E-state index contributed by atoms with van der Waals surface area (Å²) in [6.07, 6.45) is 2.86. The standard InChI is InChI=1S/C15H23FN2O2S/c1-9-4-5-14(10(2)6-9)18-21(19,20)15-8-13(17)12(16)7-11(15)3/h7-10,14,18H,4-6,17H2,1-3H3. The lowest BCUT2D eigenvalue weighted by atomic mass is 9.80. The van der Waals surface area contributed by atoms with E-state index in [-0.39, 0.29) is 16.6 Å². The van der Waals surface area contributed by atoms with E-state index in [9.17, 15) is 12.8 Å². The van der Waals surface area contributed by atoms with Gasteiger partial charge in [-0.15, -0.1) is 0 Å². The van der Waals surface area contributed by atoms with Crippen LogP contribution in [0.2, 0.25) is 0 Å². The van der Waals surface area contributed by atoms with Crippen molar-refractivity contribution in [1.29, 1.82) is 0 Å². The molecule has 3 atom stereocenters. The fourth-order valence-electron chi connectivity index (χ4n) is 3.06. The van der Waals surface area contributed by atoms with Crippen molar-refractivity contribution in [3.05, 3.63) is 23.5 Å². The number of rotatable bonds is 3. The maximum Gasteiger partial charge on any atom is 0.241 e. The van der Waals surface area contributed by atoms with E-state index in [1.54, 1.807) is 6.92 Å². The van der Waals surface area contributed by atoms with Gasteiger partial charge in [-0.2, -0.15) is 0 Å². The molecule has 21 heavy (non-hydrogen) atoms. The van der Waals surface area contributed by atoms with E-state index in [1.165, 1.54) is 6.07 Å². The van der Waals surface area contributed by atoms with Crippen molar-refractivity contribution in [3.8, 4) is 0 Å². The van der Waals surface area contributed by atoms with Crippen LogP contribution in [0.3, 0.4) is 0 Å². The highest BCUT2D eigenvalue weighted by Gasteiger charge is 2.30. The van der Waals surface area contributed by atoms with Crippen molar-refractivity contribution < 1.29 is 12.8 Å². The molecule has 1 fully saturated rings. The predicted molar refractivity (Wildman–Crippen MR) is 81.8 cm³/mol. The summed E-state index contributed by atoms with van der Waals surface area (Å²) >= 11 is 0. The van der Waals surface area contributed by atoms with Crippen molar-refractivity contribution in [3.63, 3.8) is 0 Å². The van der Waals surface area contributed by atoms with Crippen LogP contribution in [0.5, 0.6) is 0 Å². The first kappa shape index (κ1) is 16.2. The van der Waals surface area contributed by atoms with E-state index in [2.05, 4.69) is 18.6 Å². The first-order chi connectivity index (χ1) is 9.70. The molecule has 0 saturated heterocycles. The second-order valence-electron chi connectivity index (χ2n) is 6.26. The minimum Gasteiger partial charge on any atom is -0.396 e. The highest BCUT2D eigenvalue weighted by Crippen LogP contribution is 2.30. The number of benzene rings is 1. The van der Waals surface area contributed by atoms with E-state index in [4.69, 9.17) is 5.73 Å². The summed E-state index contributed by atoms with van der Waals surface area (Å²) in [5.74, 6) is 0.330. The molecule has 0 aromatic heterocycles. The summed E-state index contributed by atoms with van der Waals surface area (Å²) in [5, 5.41) is 0. The molecule has 0 amide bonds. The normalized spacial score (nSPS) is 26.8. The summed E-state index contributed by atoms with van der Waals surface area (Å²) in [7, 11) is -3.68. The largest absolute Gasteiger partial charge is 0.396 e. The smallest absolute Gasteiger partial charge is 0.241 e. The highest BCUT2D eigenvalue weighted by atomic mass is 32.2. The van der Waals surface area contributed by atoms with Gasteiger partial charge in [0.05, 0.1) is 10.6 Å². The van der Waals surface area contributed by atoms with Crippen LogP contribution < -0.4 is 10.5 Å². The van der Waals surface area contributed by atoms with Gasteiger partial charge in [-0.1, -0.05) is 13.8 Å². The van der Waals surface area contributed by atoms with Crippen molar-refractivity contribution in [2.75, 3.05) is 5.73 Å². The van der Waals surface area contributed by atoms with Gasteiger partial charge in [0.25, 0.3) is 0 Å². The summed E-state index contributed by atoms with van der Waals surface area (Å²) in [6.45, 7) is 5.82. The van der Waals surface area contributed by atoms with Crippen LogP contribution in [0.25, 0.3) is 0 Å². The predicted octanol–water partition coefficient (Wildman–Crippen LogP) is 2.82. The van der Waals surface area contributed by atoms with E-state index < -0.39 is 15.8 Å². The highest BCUT2D eigenvalue weighted by molar-refractivity contribution is 7.89. The first-order valence-corrected chi connectivity index (χ1v) is 8.77. The van der Waals surface area contributed by atoms with Gasteiger partial charge in [-0.3, -0.25) is 0 Å². The number of halogens is 1. The molecule has 0 aliphatic heterocycles. The van der Waals surface area contributed by atoms with Gasteiger partial charge in [-0.05, 0) is 55.7 Å². The van der Waals surface area contributed by atoms with Crippen molar-refractivity contribution in [1.82, 2.24) is 4.72 Å². The summed E-state index contributed by atoms with van der Waals surface area (Å²) in [6, 6.07) is 2.29. The number of anilines is 1. The zero-order chi connectivity index (χ0) is 15.8. The number of nitrogens with two attached hydrogens (primary N) is 1. The number of nitrogens with one attached hydrogen (secondary N) is 1. The number of sulfonamides is 1. The van der Waals surface area contributed by atoms with Crippen LogP contribution in [-0.4, -0.2) is 14.5 Å². The van der Waals surface area contributed by atoms with Gasteiger partial charge in [0, 0.05) is 6.04 Å². The van der Waals surface area contributed by atoms with Crippen LogP contribution in [0.1, 0.15) is 38.7 Å². The minimum absolute atomic E-state index is 0.0622. The fraction of sp³-hybridized carbons (Fsp3) is 0.600. The Bertz CT molecular complexity index is 631. The Hall–Kier alpha value is -1.14. The number of aryl methyl sites for hydroxylation is 1. The van der Waals surface area contributed by atoms with Gasteiger partial charge in [0.15, 0.2) is 0 Å². The monoisotopic (exact) mass is 314 g/mol.